The number of hydrogen-bond acceptors (Lipinski definition) is 6. The molecule has 2 unspecified atom stereocenters. The fraction of sp³-hybridized carbons (Fsp3) is 0.733. The van der Waals surface area contributed by atoms with Gasteiger partial charge in [-0.15, -0.1) is 0 Å². The smallest absolute Gasteiger partial charge is 0.225 e. The van der Waals surface area contributed by atoms with E-state index in [9.17, 15) is 0 Å². The highest BCUT2D eigenvalue weighted by molar-refractivity contribution is 5.33. The number of nitrogens with zero attached hydrogens (tertiary/aromatic N) is 4. The van der Waals surface area contributed by atoms with Gasteiger partial charge in [0.05, 0.1) is 6.61 Å². The second-order valence-corrected chi connectivity index (χ2v) is 5.97. The van der Waals surface area contributed by atoms with Crippen LogP contribution in [0.3, 0.4) is 0 Å². The third-order valence-corrected chi connectivity index (χ3v) is 4.02. The van der Waals surface area contributed by atoms with Crippen LogP contribution in [0.2, 0.25) is 0 Å². The molecule has 1 N–H and O–H groups in total. The summed E-state index contributed by atoms with van der Waals surface area (Å²) in [6, 6.07) is 0.573. The van der Waals surface area contributed by atoms with Gasteiger partial charge in [-0.25, -0.2) is 9.97 Å². The fourth-order valence-electron chi connectivity index (χ4n) is 2.79. The van der Waals surface area contributed by atoms with E-state index in [1.807, 2.05) is 12.4 Å². The molecule has 0 saturated carbocycles. The molecule has 6 nitrogen and oxygen atoms in total. The average molecular weight is 293 g/mol. The molecule has 6 heteroatoms. The van der Waals surface area contributed by atoms with E-state index in [4.69, 9.17) is 4.74 Å². The molecule has 0 spiro atoms. The van der Waals surface area contributed by atoms with Crippen LogP contribution in [0.25, 0.3) is 0 Å². The molecule has 2 atom stereocenters. The van der Waals surface area contributed by atoms with Crippen molar-refractivity contribution in [3.8, 4) is 0 Å². The largest absolute Gasteiger partial charge is 0.383 e. The van der Waals surface area contributed by atoms with Crippen molar-refractivity contribution >= 4 is 5.95 Å². The van der Waals surface area contributed by atoms with Gasteiger partial charge < -0.3 is 19.9 Å². The van der Waals surface area contributed by atoms with Gasteiger partial charge in [-0.2, -0.15) is 0 Å². The summed E-state index contributed by atoms with van der Waals surface area (Å²) in [5, 5.41) is 3.30. The fourth-order valence-corrected chi connectivity index (χ4v) is 2.79. The van der Waals surface area contributed by atoms with Crippen LogP contribution >= 0.6 is 0 Å². The SMILES string of the molecule is COCCNCc1cnc(N2CC(C)C(N(C)C)C2)nc1. The Bertz CT molecular complexity index is 423. The second-order valence-electron chi connectivity index (χ2n) is 5.97. The molecule has 1 aliphatic heterocycles. The molecule has 2 heterocycles. The quantitative estimate of drug-likeness (QED) is 0.743. The van der Waals surface area contributed by atoms with Gasteiger partial charge >= 0.3 is 0 Å². The van der Waals surface area contributed by atoms with Gasteiger partial charge in [-0.3, -0.25) is 0 Å². The number of ether oxygens (including phenoxy) is 1. The van der Waals surface area contributed by atoms with Crippen LogP contribution in [0.4, 0.5) is 5.95 Å². The zero-order valence-corrected chi connectivity index (χ0v) is 13.5. The molecular formula is C15H27N5O. The third-order valence-electron chi connectivity index (χ3n) is 4.02. The maximum Gasteiger partial charge on any atom is 0.225 e. The number of aromatic nitrogens is 2. The molecule has 0 bridgehead atoms. The number of methoxy groups -OCH3 is 1. The minimum Gasteiger partial charge on any atom is -0.383 e. The van der Waals surface area contributed by atoms with E-state index < -0.39 is 0 Å². The Morgan fingerprint density at radius 1 is 1.33 bits per heavy atom. The third kappa shape index (κ3) is 4.36. The molecule has 1 fully saturated rings. The highest BCUT2D eigenvalue weighted by atomic mass is 16.5. The van der Waals surface area contributed by atoms with Gasteiger partial charge in [0.25, 0.3) is 0 Å². The summed E-state index contributed by atoms with van der Waals surface area (Å²) >= 11 is 0. The number of anilines is 1. The molecule has 21 heavy (non-hydrogen) atoms. The van der Waals surface area contributed by atoms with Gasteiger partial charge in [0.15, 0.2) is 0 Å². The van der Waals surface area contributed by atoms with Crippen molar-refractivity contribution in [3.05, 3.63) is 18.0 Å². The minimum absolute atomic E-state index is 0.573. The Morgan fingerprint density at radius 2 is 2.05 bits per heavy atom. The maximum atomic E-state index is 5.00. The van der Waals surface area contributed by atoms with E-state index in [2.05, 4.69) is 46.1 Å². The Morgan fingerprint density at radius 3 is 2.62 bits per heavy atom. The lowest BCUT2D eigenvalue weighted by molar-refractivity contribution is 0.199. The first kappa shape index (κ1) is 16.1. The number of rotatable bonds is 7. The molecule has 118 valence electrons. The van der Waals surface area contributed by atoms with Crippen LogP contribution in [0.5, 0.6) is 0 Å². The summed E-state index contributed by atoms with van der Waals surface area (Å²) in [4.78, 5) is 13.6. The van der Waals surface area contributed by atoms with Crippen molar-refractivity contribution < 1.29 is 4.74 Å². The van der Waals surface area contributed by atoms with Crippen LogP contribution in [-0.2, 0) is 11.3 Å². The maximum absolute atomic E-state index is 5.00. The van der Waals surface area contributed by atoms with Crippen LogP contribution in [0, 0.1) is 5.92 Å². The van der Waals surface area contributed by atoms with Gasteiger partial charge in [-0.05, 0) is 20.0 Å². The summed E-state index contributed by atoms with van der Waals surface area (Å²) in [7, 11) is 5.98. The molecule has 1 saturated heterocycles. The number of nitrogens with one attached hydrogen (secondary N) is 1. The van der Waals surface area contributed by atoms with Crippen LogP contribution in [-0.4, -0.2) is 68.4 Å². The highest BCUT2D eigenvalue weighted by Crippen LogP contribution is 2.23. The summed E-state index contributed by atoms with van der Waals surface area (Å²) in [5.41, 5.74) is 1.10. The number of hydrogen-bond donors (Lipinski definition) is 1. The zero-order valence-electron chi connectivity index (χ0n) is 13.5. The molecule has 0 aromatic carbocycles. The molecule has 1 aliphatic rings. The predicted octanol–water partition coefficient (Wildman–Crippen LogP) is 0.599. The van der Waals surface area contributed by atoms with Crippen molar-refractivity contribution in [1.29, 1.82) is 0 Å². The van der Waals surface area contributed by atoms with Crippen LogP contribution in [0.1, 0.15) is 12.5 Å². The zero-order chi connectivity index (χ0) is 15.2. The van der Waals surface area contributed by atoms with Crippen molar-refractivity contribution in [3.63, 3.8) is 0 Å². The first-order chi connectivity index (χ1) is 10.1. The van der Waals surface area contributed by atoms with E-state index in [-0.39, 0.29) is 0 Å². The Kier molecular flexibility index (Phi) is 5.90. The monoisotopic (exact) mass is 293 g/mol. The topological polar surface area (TPSA) is 53.5 Å². The molecule has 0 aliphatic carbocycles. The summed E-state index contributed by atoms with van der Waals surface area (Å²) in [5.74, 6) is 1.48. The standard InChI is InChI=1S/C15H27N5O/c1-12-10-20(11-14(12)19(2)3)15-17-8-13(9-18-15)7-16-5-6-21-4/h8-9,12,14,16H,5-7,10-11H2,1-4H3. The van der Waals surface area contributed by atoms with Crippen molar-refractivity contribution in [2.45, 2.75) is 19.5 Å². The lowest BCUT2D eigenvalue weighted by Crippen LogP contribution is -2.34. The summed E-state index contributed by atoms with van der Waals surface area (Å²) in [6.45, 7) is 6.65. The van der Waals surface area contributed by atoms with E-state index >= 15 is 0 Å². The summed E-state index contributed by atoms with van der Waals surface area (Å²) < 4.78 is 5.00. The van der Waals surface area contributed by atoms with Crippen molar-refractivity contribution in [1.82, 2.24) is 20.2 Å². The molecular weight excluding hydrogens is 266 g/mol. The Hall–Kier alpha value is -1.24. The average Bonchev–Trinajstić information content (AvgIpc) is 2.86. The normalized spacial score (nSPS) is 22.2. The van der Waals surface area contributed by atoms with Gasteiger partial charge in [0, 0.05) is 57.3 Å². The molecule has 0 amide bonds. The lowest BCUT2D eigenvalue weighted by atomic mass is 10.1. The van der Waals surface area contributed by atoms with Gasteiger partial charge in [-0.1, -0.05) is 6.92 Å². The molecule has 1 aromatic heterocycles. The van der Waals surface area contributed by atoms with Crippen molar-refractivity contribution in [2.24, 2.45) is 5.92 Å². The first-order valence-electron chi connectivity index (χ1n) is 7.53. The van der Waals surface area contributed by atoms with E-state index in [1.165, 1.54) is 0 Å². The number of likely N-dealkylation sites (N-methyl/N-ethyl adjacent to an activating group) is 1. The van der Waals surface area contributed by atoms with Crippen LogP contribution in [0.15, 0.2) is 12.4 Å². The van der Waals surface area contributed by atoms with Gasteiger partial charge in [0.2, 0.25) is 5.95 Å². The molecule has 0 radical (unpaired) electrons. The van der Waals surface area contributed by atoms with Crippen molar-refractivity contribution in [2.75, 3.05) is 52.3 Å². The molecule has 1 aromatic rings. The van der Waals surface area contributed by atoms with E-state index in [0.29, 0.717) is 12.0 Å². The van der Waals surface area contributed by atoms with E-state index in [0.717, 1.165) is 44.3 Å². The predicted molar refractivity (Wildman–Crippen MR) is 84.5 cm³/mol. The Labute approximate surface area is 127 Å². The van der Waals surface area contributed by atoms with Crippen LogP contribution < -0.4 is 10.2 Å². The van der Waals surface area contributed by atoms with Gasteiger partial charge in [0.1, 0.15) is 0 Å². The second kappa shape index (κ2) is 7.68. The van der Waals surface area contributed by atoms with E-state index in [1.54, 1.807) is 7.11 Å². The Balaban J connectivity index is 1.88. The lowest BCUT2D eigenvalue weighted by Gasteiger charge is -2.22. The minimum atomic E-state index is 0.573. The molecule has 2 rings (SSSR count). The highest BCUT2D eigenvalue weighted by Gasteiger charge is 2.32. The summed E-state index contributed by atoms with van der Waals surface area (Å²) in [6.07, 6.45) is 3.82. The first-order valence-corrected chi connectivity index (χ1v) is 7.53.